The zero-order valence-corrected chi connectivity index (χ0v) is 13.7. The number of ether oxygens (including phenoxy) is 1. The van der Waals surface area contributed by atoms with Crippen LogP contribution < -0.4 is 10.1 Å². The molecule has 1 amide bonds. The number of hydrogen-bond donors (Lipinski definition) is 1. The van der Waals surface area contributed by atoms with Crippen LogP contribution in [0.15, 0.2) is 47.2 Å². The van der Waals surface area contributed by atoms with Crippen molar-refractivity contribution in [2.24, 2.45) is 0 Å². The van der Waals surface area contributed by atoms with Gasteiger partial charge in [0.15, 0.2) is 11.6 Å². The maximum absolute atomic E-state index is 13.8. The smallest absolute Gasteiger partial charge is 0.244 e. The number of fused-ring (bicyclic) bond motifs is 1. The summed E-state index contributed by atoms with van der Waals surface area (Å²) in [6, 6.07) is 6.86. The summed E-state index contributed by atoms with van der Waals surface area (Å²) in [5.74, 6) is -0.340. The Balaban J connectivity index is 1.53. The second kappa shape index (κ2) is 6.91. The molecule has 0 fully saturated rings. The third kappa shape index (κ3) is 3.96. The second-order valence-corrected chi connectivity index (χ2v) is 6.10. The number of hydrogen-bond acceptors (Lipinski definition) is 3. The molecular formula is C17H14BrFN2O2. The molecule has 6 heteroatoms. The fourth-order valence-electron chi connectivity index (χ4n) is 2.38. The van der Waals surface area contributed by atoms with Crippen molar-refractivity contribution in [3.05, 3.63) is 64.2 Å². The summed E-state index contributed by atoms with van der Waals surface area (Å²) in [4.78, 5) is 15.8. The lowest BCUT2D eigenvalue weighted by atomic mass is 10.1. The fourth-order valence-corrected chi connectivity index (χ4v) is 2.86. The highest BCUT2D eigenvalue weighted by Gasteiger charge is 2.26. The van der Waals surface area contributed by atoms with Crippen LogP contribution in [0.3, 0.4) is 0 Å². The van der Waals surface area contributed by atoms with Crippen molar-refractivity contribution in [2.45, 2.75) is 12.5 Å². The fraction of sp³-hybridized carbons (Fsp3) is 0.176. The Labute approximate surface area is 141 Å². The zero-order valence-electron chi connectivity index (χ0n) is 12.1. The highest BCUT2D eigenvalue weighted by molar-refractivity contribution is 9.10. The molecule has 0 bridgehead atoms. The number of carbonyl (C=O) groups is 1. The van der Waals surface area contributed by atoms with Gasteiger partial charge in [-0.25, -0.2) is 4.39 Å². The molecule has 3 rings (SSSR count). The molecule has 0 aliphatic carbocycles. The Bertz CT molecular complexity index is 750. The van der Waals surface area contributed by atoms with Crippen LogP contribution in [0.5, 0.6) is 5.75 Å². The summed E-state index contributed by atoms with van der Waals surface area (Å²) in [5, 5.41) is 2.76. The van der Waals surface area contributed by atoms with E-state index in [1.165, 1.54) is 12.1 Å². The van der Waals surface area contributed by atoms with Gasteiger partial charge in [-0.2, -0.15) is 0 Å². The van der Waals surface area contributed by atoms with Crippen LogP contribution >= 0.6 is 15.9 Å². The number of pyridine rings is 1. The molecule has 1 aliphatic heterocycles. The molecule has 1 aromatic heterocycles. The van der Waals surface area contributed by atoms with E-state index in [0.717, 1.165) is 11.1 Å². The molecule has 0 saturated heterocycles. The van der Waals surface area contributed by atoms with E-state index in [2.05, 4.69) is 26.2 Å². The average molecular weight is 377 g/mol. The summed E-state index contributed by atoms with van der Waals surface area (Å²) >= 11 is 3.26. The van der Waals surface area contributed by atoms with Gasteiger partial charge in [0.1, 0.15) is 6.10 Å². The molecule has 23 heavy (non-hydrogen) atoms. The first kappa shape index (κ1) is 15.7. The first-order chi connectivity index (χ1) is 11.1. The van der Waals surface area contributed by atoms with Crippen molar-refractivity contribution in [3.8, 4) is 5.75 Å². The number of rotatable bonds is 4. The van der Waals surface area contributed by atoms with E-state index in [1.807, 2.05) is 12.1 Å². The van der Waals surface area contributed by atoms with E-state index in [1.54, 1.807) is 24.5 Å². The quantitative estimate of drug-likeness (QED) is 0.834. The summed E-state index contributed by atoms with van der Waals surface area (Å²) in [7, 11) is 0. The average Bonchev–Trinajstić information content (AvgIpc) is 2.95. The predicted octanol–water partition coefficient (Wildman–Crippen LogP) is 3.12. The van der Waals surface area contributed by atoms with E-state index in [-0.39, 0.29) is 23.6 Å². The van der Waals surface area contributed by atoms with Crippen molar-refractivity contribution < 1.29 is 13.9 Å². The number of nitrogens with zero attached hydrogens (tertiary/aromatic N) is 1. The van der Waals surface area contributed by atoms with Crippen LogP contribution in [0.2, 0.25) is 0 Å². The summed E-state index contributed by atoms with van der Waals surface area (Å²) in [6.07, 6.45) is 6.77. The molecule has 118 valence electrons. The van der Waals surface area contributed by atoms with Crippen LogP contribution in [0.4, 0.5) is 4.39 Å². The highest BCUT2D eigenvalue weighted by atomic mass is 79.9. The second-order valence-electron chi connectivity index (χ2n) is 5.18. The molecule has 1 unspecified atom stereocenters. The van der Waals surface area contributed by atoms with Crippen molar-refractivity contribution in [1.82, 2.24) is 10.3 Å². The van der Waals surface area contributed by atoms with E-state index < -0.39 is 0 Å². The Morgan fingerprint density at radius 2 is 2.39 bits per heavy atom. The Morgan fingerprint density at radius 3 is 3.17 bits per heavy atom. The standard InChI is InChI=1S/C17H14BrFN2O2/c18-13-6-12-7-14(23-17(12)15(19)8-13)10-21-16(22)4-3-11-2-1-5-20-9-11/h1-6,8-9,14H,7,10H2,(H,21,22)/b4-3+. The lowest BCUT2D eigenvalue weighted by molar-refractivity contribution is -0.116. The molecule has 0 saturated carbocycles. The minimum Gasteiger partial charge on any atom is -0.485 e. The SMILES string of the molecule is O=C(/C=C/c1cccnc1)NCC1Cc2cc(Br)cc(F)c2O1. The zero-order chi connectivity index (χ0) is 16.2. The van der Waals surface area contributed by atoms with Gasteiger partial charge in [0, 0.05) is 34.9 Å². The van der Waals surface area contributed by atoms with Gasteiger partial charge in [0.05, 0.1) is 6.54 Å². The largest absolute Gasteiger partial charge is 0.485 e. The molecule has 1 N–H and O–H groups in total. The van der Waals surface area contributed by atoms with Gasteiger partial charge >= 0.3 is 0 Å². The van der Waals surface area contributed by atoms with Crippen molar-refractivity contribution in [1.29, 1.82) is 0 Å². The Kier molecular flexibility index (Phi) is 4.71. The minimum absolute atomic E-state index is 0.227. The van der Waals surface area contributed by atoms with Gasteiger partial charge in [-0.05, 0) is 29.8 Å². The van der Waals surface area contributed by atoms with Crippen LogP contribution in [-0.2, 0) is 11.2 Å². The van der Waals surface area contributed by atoms with Crippen molar-refractivity contribution >= 4 is 27.9 Å². The molecule has 2 aromatic rings. The Morgan fingerprint density at radius 1 is 1.52 bits per heavy atom. The minimum atomic E-state index is -0.389. The first-order valence-electron chi connectivity index (χ1n) is 7.12. The molecule has 1 aliphatic rings. The van der Waals surface area contributed by atoms with E-state index in [0.29, 0.717) is 17.4 Å². The van der Waals surface area contributed by atoms with Gasteiger partial charge in [-0.3, -0.25) is 9.78 Å². The van der Waals surface area contributed by atoms with Crippen molar-refractivity contribution in [3.63, 3.8) is 0 Å². The number of carbonyl (C=O) groups excluding carboxylic acids is 1. The maximum Gasteiger partial charge on any atom is 0.244 e. The van der Waals surface area contributed by atoms with E-state index in [9.17, 15) is 9.18 Å². The third-order valence-electron chi connectivity index (χ3n) is 3.43. The molecule has 0 spiro atoms. The topological polar surface area (TPSA) is 51.2 Å². The normalized spacial score (nSPS) is 16.2. The Hall–Kier alpha value is -2.21. The number of nitrogens with one attached hydrogen (secondary N) is 1. The third-order valence-corrected chi connectivity index (χ3v) is 3.89. The number of halogens is 2. The van der Waals surface area contributed by atoms with E-state index in [4.69, 9.17) is 4.74 Å². The highest BCUT2D eigenvalue weighted by Crippen LogP contribution is 2.34. The maximum atomic E-state index is 13.8. The molecule has 1 atom stereocenters. The number of amides is 1. The van der Waals surface area contributed by atoms with Crippen LogP contribution in [0, 0.1) is 5.82 Å². The van der Waals surface area contributed by atoms with Gasteiger partial charge in [0.25, 0.3) is 0 Å². The van der Waals surface area contributed by atoms with Gasteiger partial charge < -0.3 is 10.1 Å². The van der Waals surface area contributed by atoms with Crippen LogP contribution in [0.25, 0.3) is 6.08 Å². The van der Waals surface area contributed by atoms with E-state index >= 15 is 0 Å². The molecule has 2 heterocycles. The first-order valence-corrected chi connectivity index (χ1v) is 7.91. The molecule has 4 nitrogen and oxygen atoms in total. The van der Waals surface area contributed by atoms with Gasteiger partial charge in [-0.1, -0.05) is 22.0 Å². The van der Waals surface area contributed by atoms with Crippen LogP contribution in [-0.4, -0.2) is 23.5 Å². The molecular weight excluding hydrogens is 363 g/mol. The lowest BCUT2D eigenvalue weighted by Gasteiger charge is -2.10. The number of benzene rings is 1. The molecule has 1 aromatic carbocycles. The number of aromatic nitrogens is 1. The van der Waals surface area contributed by atoms with Gasteiger partial charge in [-0.15, -0.1) is 0 Å². The monoisotopic (exact) mass is 376 g/mol. The molecule has 0 radical (unpaired) electrons. The predicted molar refractivity (Wildman–Crippen MR) is 88.5 cm³/mol. The summed E-state index contributed by atoms with van der Waals surface area (Å²) in [6.45, 7) is 0.321. The van der Waals surface area contributed by atoms with Crippen molar-refractivity contribution in [2.75, 3.05) is 6.54 Å². The van der Waals surface area contributed by atoms with Crippen LogP contribution in [0.1, 0.15) is 11.1 Å². The summed E-state index contributed by atoms with van der Waals surface area (Å²) < 4.78 is 20.0. The lowest BCUT2D eigenvalue weighted by Crippen LogP contribution is -2.33. The van der Waals surface area contributed by atoms with Gasteiger partial charge in [0.2, 0.25) is 5.91 Å². The summed E-state index contributed by atoms with van der Waals surface area (Å²) in [5.41, 5.74) is 1.65.